The number of esters is 1. The Morgan fingerprint density at radius 1 is 0.917 bits per heavy atom. The fourth-order valence-electron chi connectivity index (χ4n) is 2.39. The van der Waals surface area contributed by atoms with Gasteiger partial charge < -0.3 is 14.9 Å². The average molecular weight is 321 g/mol. The molecule has 0 bridgehead atoms. The van der Waals surface area contributed by atoms with Crippen molar-refractivity contribution in [1.29, 1.82) is 0 Å². The lowest BCUT2D eigenvalue weighted by molar-refractivity contribution is -0.127. The molecule has 0 saturated carbocycles. The van der Waals surface area contributed by atoms with E-state index >= 15 is 0 Å². The van der Waals surface area contributed by atoms with E-state index in [0.717, 1.165) is 5.56 Å². The number of carbonyl (C=O) groups excluding carboxylic acids is 2. The van der Waals surface area contributed by atoms with Gasteiger partial charge in [-0.25, -0.2) is 4.79 Å². The second-order valence-electron chi connectivity index (χ2n) is 5.13. The van der Waals surface area contributed by atoms with Crippen LogP contribution < -0.4 is 5.73 Å². The zero-order valence-corrected chi connectivity index (χ0v) is 12.7. The first-order valence-electron chi connectivity index (χ1n) is 7.35. The number of primary amides is 1. The van der Waals surface area contributed by atoms with Gasteiger partial charge in [-0.05, 0) is 11.6 Å². The van der Waals surface area contributed by atoms with Crippen molar-refractivity contribution in [2.75, 3.05) is 0 Å². The minimum absolute atomic E-state index is 0.0309. The molecule has 24 heavy (non-hydrogen) atoms. The van der Waals surface area contributed by atoms with E-state index in [4.69, 9.17) is 14.9 Å². The predicted molar refractivity (Wildman–Crippen MR) is 87.9 cm³/mol. The van der Waals surface area contributed by atoms with Crippen molar-refractivity contribution in [2.45, 2.75) is 6.10 Å². The number of benzene rings is 2. The van der Waals surface area contributed by atoms with Crippen LogP contribution in [0.25, 0.3) is 11.1 Å². The van der Waals surface area contributed by atoms with E-state index in [2.05, 4.69) is 0 Å². The Bertz CT molecular complexity index is 840. The first-order valence-corrected chi connectivity index (χ1v) is 7.35. The highest BCUT2D eigenvalue weighted by Gasteiger charge is 2.26. The third-order valence-electron chi connectivity index (χ3n) is 3.52. The maximum Gasteiger partial charge on any atom is 0.376 e. The van der Waals surface area contributed by atoms with E-state index in [9.17, 15) is 9.59 Å². The number of hydrogen-bond acceptors (Lipinski definition) is 4. The van der Waals surface area contributed by atoms with Crippen LogP contribution in [0.4, 0.5) is 0 Å². The molecule has 0 unspecified atom stereocenters. The van der Waals surface area contributed by atoms with Crippen molar-refractivity contribution in [3.8, 4) is 11.1 Å². The van der Waals surface area contributed by atoms with Crippen LogP contribution in [0.3, 0.4) is 0 Å². The average Bonchev–Trinajstić information content (AvgIpc) is 3.10. The first-order chi connectivity index (χ1) is 11.7. The highest BCUT2D eigenvalue weighted by molar-refractivity contribution is 5.96. The molecule has 2 aromatic carbocycles. The number of ether oxygens (including phenoxy) is 1. The van der Waals surface area contributed by atoms with E-state index in [1.165, 1.54) is 6.26 Å². The summed E-state index contributed by atoms with van der Waals surface area (Å²) >= 11 is 0. The van der Waals surface area contributed by atoms with Gasteiger partial charge in [0, 0.05) is 11.1 Å². The van der Waals surface area contributed by atoms with Gasteiger partial charge in [-0.1, -0.05) is 60.7 Å². The summed E-state index contributed by atoms with van der Waals surface area (Å²) in [6.45, 7) is 0. The molecule has 5 heteroatoms. The van der Waals surface area contributed by atoms with Crippen molar-refractivity contribution in [3.05, 3.63) is 84.3 Å². The Labute approximate surface area is 138 Å². The SMILES string of the molecule is NC(=O)[C@H](OC(=O)c1occc1-c1ccccc1)c1ccccc1. The molecule has 0 aliphatic carbocycles. The molecule has 3 aromatic rings. The molecule has 1 aromatic heterocycles. The number of furan rings is 1. The van der Waals surface area contributed by atoms with Crippen LogP contribution in [0.1, 0.15) is 22.2 Å². The van der Waals surface area contributed by atoms with Crippen LogP contribution in [0.5, 0.6) is 0 Å². The molecule has 0 saturated heterocycles. The van der Waals surface area contributed by atoms with Gasteiger partial charge in [0.25, 0.3) is 5.91 Å². The highest BCUT2D eigenvalue weighted by Crippen LogP contribution is 2.27. The molecule has 120 valence electrons. The Morgan fingerprint density at radius 3 is 2.17 bits per heavy atom. The largest absolute Gasteiger partial charge is 0.457 e. The summed E-state index contributed by atoms with van der Waals surface area (Å²) in [5, 5.41) is 0. The van der Waals surface area contributed by atoms with E-state index in [1.54, 1.807) is 36.4 Å². The zero-order chi connectivity index (χ0) is 16.9. The molecule has 0 aliphatic rings. The van der Waals surface area contributed by atoms with Gasteiger partial charge in [0.15, 0.2) is 0 Å². The summed E-state index contributed by atoms with van der Waals surface area (Å²) in [5.41, 5.74) is 7.29. The monoisotopic (exact) mass is 321 g/mol. The molecular weight excluding hydrogens is 306 g/mol. The van der Waals surface area contributed by atoms with Gasteiger partial charge in [0.2, 0.25) is 11.9 Å². The maximum atomic E-state index is 12.5. The number of hydrogen-bond donors (Lipinski definition) is 1. The normalized spacial score (nSPS) is 11.7. The maximum absolute atomic E-state index is 12.5. The van der Waals surface area contributed by atoms with Crippen LogP contribution in [-0.4, -0.2) is 11.9 Å². The Balaban J connectivity index is 1.88. The minimum Gasteiger partial charge on any atom is -0.457 e. The molecule has 0 fully saturated rings. The second kappa shape index (κ2) is 6.83. The van der Waals surface area contributed by atoms with E-state index in [0.29, 0.717) is 11.1 Å². The summed E-state index contributed by atoms with van der Waals surface area (Å²) in [4.78, 5) is 24.1. The molecule has 1 atom stereocenters. The van der Waals surface area contributed by atoms with Gasteiger partial charge >= 0.3 is 5.97 Å². The van der Waals surface area contributed by atoms with Crippen molar-refractivity contribution in [1.82, 2.24) is 0 Å². The van der Waals surface area contributed by atoms with Gasteiger partial charge in [-0.3, -0.25) is 4.79 Å². The van der Waals surface area contributed by atoms with Gasteiger partial charge in [-0.2, -0.15) is 0 Å². The standard InChI is InChI=1S/C19H15NO4/c20-18(21)16(14-9-5-2-6-10-14)24-19(22)17-15(11-12-23-17)13-7-3-1-4-8-13/h1-12,16H,(H2,20,21)/t16-/m1/s1. The third kappa shape index (κ3) is 3.20. The Hall–Kier alpha value is -3.34. The number of carbonyl (C=O) groups is 2. The van der Waals surface area contributed by atoms with Crippen LogP contribution in [0, 0.1) is 0 Å². The molecule has 1 heterocycles. The molecule has 1 amide bonds. The lowest BCUT2D eigenvalue weighted by Gasteiger charge is -2.14. The smallest absolute Gasteiger partial charge is 0.376 e. The molecule has 2 N–H and O–H groups in total. The second-order valence-corrected chi connectivity index (χ2v) is 5.13. The zero-order valence-electron chi connectivity index (χ0n) is 12.7. The summed E-state index contributed by atoms with van der Waals surface area (Å²) in [6.07, 6.45) is 0.230. The molecule has 5 nitrogen and oxygen atoms in total. The molecule has 0 spiro atoms. The lowest BCUT2D eigenvalue weighted by atomic mass is 10.1. The van der Waals surface area contributed by atoms with Crippen molar-refractivity contribution < 1.29 is 18.7 Å². The molecule has 3 rings (SSSR count). The van der Waals surface area contributed by atoms with Crippen LogP contribution >= 0.6 is 0 Å². The van der Waals surface area contributed by atoms with Crippen LogP contribution in [-0.2, 0) is 9.53 Å². The summed E-state index contributed by atoms with van der Waals surface area (Å²) in [5.74, 6) is -1.46. The topological polar surface area (TPSA) is 82.5 Å². The van der Waals surface area contributed by atoms with Gasteiger partial charge in [0.05, 0.1) is 6.26 Å². The Kier molecular flexibility index (Phi) is 4.43. The van der Waals surface area contributed by atoms with Crippen molar-refractivity contribution >= 4 is 11.9 Å². The highest BCUT2D eigenvalue weighted by atomic mass is 16.6. The Morgan fingerprint density at radius 2 is 1.54 bits per heavy atom. The summed E-state index contributed by atoms with van der Waals surface area (Å²) in [7, 11) is 0. The van der Waals surface area contributed by atoms with Gasteiger partial charge in [-0.15, -0.1) is 0 Å². The quantitative estimate of drug-likeness (QED) is 0.731. The van der Waals surface area contributed by atoms with Crippen molar-refractivity contribution in [2.24, 2.45) is 5.73 Å². The van der Waals surface area contributed by atoms with Gasteiger partial charge in [0.1, 0.15) is 0 Å². The number of nitrogens with two attached hydrogens (primary N) is 1. The summed E-state index contributed by atoms with van der Waals surface area (Å²) in [6, 6.07) is 19.6. The fourth-order valence-corrected chi connectivity index (χ4v) is 2.39. The van der Waals surface area contributed by atoms with E-state index in [1.807, 2.05) is 30.3 Å². The van der Waals surface area contributed by atoms with Crippen LogP contribution in [0.15, 0.2) is 77.4 Å². The minimum atomic E-state index is -1.17. The number of amides is 1. The number of rotatable bonds is 5. The van der Waals surface area contributed by atoms with E-state index in [-0.39, 0.29) is 5.76 Å². The third-order valence-corrected chi connectivity index (χ3v) is 3.52. The molecule has 0 aliphatic heterocycles. The lowest BCUT2D eigenvalue weighted by Crippen LogP contribution is -2.26. The van der Waals surface area contributed by atoms with Crippen LogP contribution in [0.2, 0.25) is 0 Å². The molecule has 0 radical (unpaired) electrons. The molecular formula is C19H15NO4. The predicted octanol–water partition coefficient (Wildman–Crippen LogP) is 3.33. The summed E-state index contributed by atoms with van der Waals surface area (Å²) < 4.78 is 10.6. The first kappa shape index (κ1) is 15.6. The van der Waals surface area contributed by atoms with Crippen molar-refractivity contribution in [3.63, 3.8) is 0 Å². The van der Waals surface area contributed by atoms with E-state index < -0.39 is 18.0 Å². The fraction of sp³-hybridized carbons (Fsp3) is 0.0526.